The van der Waals surface area contributed by atoms with Crippen LogP contribution in [-0.2, 0) is 49.1 Å². The van der Waals surface area contributed by atoms with E-state index in [-0.39, 0.29) is 68.6 Å². The molecule has 0 N–H and O–H groups in total. The molecule has 0 heterocycles. The van der Waals surface area contributed by atoms with Crippen molar-refractivity contribution < 1.29 is 49.1 Å². The molecular formula is H2CdMgOZn. The van der Waals surface area contributed by atoms with Crippen LogP contribution in [0, 0.1) is 0 Å². The van der Waals surface area contributed by atoms with E-state index < -0.39 is 0 Å². The van der Waals surface area contributed by atoms with Gasteiger partial charge in [-0.3, -0.25) is 0 Å². The molecule has 0 aromatic carbocycles. The zero-order valence-corrected chi connectivity index (χ0v) is 8.83. The Morgan fingerprint density at radius 1 is 1.25 bits per heavy atom. The van der Waals surface area contributed by atoms with E-state index in [0.29, 0.717) is 0 Å². The predicted octanol–water partition coefficient (Wildman–Crippen LogP) is -1.04. The Balaban J connectivity index is -0.00000000500. The van der Waals surface area contributed by atoms with Crippen molar-refractivity contribution >= 4 is 23.1 Å². The molecule has 0 rings (SSSR count). The standard InChI is InChI=1S/Cd.Mg.O.Zn.2H. The maximum atomic E-state index is 8.38. The van der Waals surface area contributed by atoms with Crippen LogP contribution in [0.5, 0.6) is 0 Å². The van der Waals surface area contributed by atoms with E-state index in [2.05, 4.69) is 0 Å². The minimum atomic E-state index is 0. The van der Waals surface area contributed by atoms with Gasteiger partial charge in [0.05, 0.1) is 0 Å². The van der Waals surface area contributed by atoms with E-state index >= 15 is 0 Å². The monoisotopic (exact) mass is 220 g/mol. The summed E-state index contributed by atoms with van der Waals surface area (Å²) in [4.78, 5) is 0. The first kappa shape index (κ1) is 16.5. The first-order chi connectivity index (χ1) is 1.00. The molecule has 0 atom stereocenters. The maximum absolute atomic E-state index is 8.38. The van der Waals surface area contributed by atoms with Crippen molar-refractivity contribution in [3.63, 3.8) is 0 Å². The van der Waals surface area contributed by atoms with Crippen LogP contribution in [0.15, 0.2) is 0 Å². The molecule has 0 amide bonds. The van der Waals surface area contributed by atoms with E-state index in [9.17, 15) is 0 Å². The fourth-order valence-corrected chi connectivity index (χ4v) is 0. The molecule has 0 radical (unpaired) electrons. The minimum absolute atomic E-state index is 0. The van der Waals surface area contributed by atoms with Crippen molar-refractivity contribution in [3.8, 4) is 0 Å². The molecule has 0 spiro atoms. The van der Waals surface area contributed by atoms with Gasteiger partial charge in [-0.1, -0.05) is 0 Å². The summed E-state index contributed by atoms with van der Waals surface area (Å²) in [6, 6.07) is 0. The van der Waals surface area contributed by atoms with Crippen LogP contribution in [0.4, 0.5) is 0 Å². The van der Waals surface area contributed by atoms with Gasteiger partial charge in [-0.25, -0.2) is 0 Å². The van der Waals surface area contributed by atoms with Gasteiger partial charge in [-0.2, -0.15) is 0 Å². The Kier molecular flexibility index (Phi) is 79.9. The molecule has 0 aliphatic heterocycles. The van der Waals surface area contributed by atoms with E-state index in [4.69, 9.17) is 3.57 Å². The van der Waals surface area contributed by atoms with Crippen molar-refractivity contribution in [1.29, 1.82) is 0 Å². The van der Waals surface area contributed by atoms with Gasteiger partial charge in [0.15, 0.2) is 0 Å². The summed E-state index contributed by atoms with van der Waals surface area (Å²) in [6.07, 6.45) is 0. The van der Waals surface area contributed by atoms with Gasteiger partial charge in [0.1, 0.15) is 0 Å². The average molecular weight is 220 g/mol. The molecule has 0 aromatic heterocycles. The molecule has 0 saturated heterocycles. The fourth-order valence-electron chi connectivity index (χ4n) is 0. The van der Waals surface area contributed by atoms with Crippen LogP contribution in [0.2, 0.25) is 0 Å². The molecule has 0 fully saturated rings. The van der Waals surface area contributed by atoms with Crippen molar-refractivity contribution in [1.82, 2.24) is 0 Å². The molecule has 0 aromatic rings. The Hall–Kier alpha value is 2.11. The summed E-state index contributed by atoms with van der Waals surface area (Å²) >= 11 is 0.125. The third kappa shape index (κ3) is 8.93. The molecule has 0 bridgehead atoms. The second-order valence-corrected chi connectivity index (χ2v) is 0. The Labute approximate surface area is 71.2 Å². The van der Waals surface area contributed by atoms with Gasteiger partial charge in [-0.05, 0) is 0 Å². The van der Waals surface area contributed by atoms with E-state index in [1.807, 2.05) is 0 Å². The second-order valence-electron chi connectivity index (χ2n) is 0. The molecule has 1 nitrogen and oxygen atoms in total. The van der Waals surface area contributed by atoms with E-state index in [0.717, 1.165) is 0 Å². The van der Waals surface area contributed by atoms with E-state index in [1.165, 1.54) is 0 Å². The molecule has 0 aliphatic rings. The van der Waals surface area contributed by atoms with E-state index in [1.54, 1.807) is 0 Å². The topological polar surface area (TPSA) is 17.1 Å². The first-order valence-corrected chi connectivity index (χ1v) is 1.50. The van der Waals surface area contributed by atoms with Crippen LogP contribution in [0.1, 0.15) is 0 Å². The van der Waals surface area contributed by atoms with Crippen molar-refractivity contribution in [2.45, 2.75) is 0 Å². The van der Waals surface area contributed by atoms with Crippen molar-refractivity contribution in [2.24, 2.45) is 0 Å². The molecule has 0 saturated carbocycles. The van der Waals surface area contributed by atoms with Gasteiger partial charge in [-0.15, -0.1) is 0 Å². The molecule has 14 valence electrons. The second kappa shape index (κ2) is 19.4. The first-order valence-electron chi connectivity index (χ1n) is 0.289. The van der Waals surface area contributed by atoms with Gasteiger partial charge < -0.3 is 0 Å². The van der Waals surface area contributed by atoms with Gasteiger partial charge in [0, 0.05) is 27.3 Å². The molecule has 0 aliphatic carbocycles. The SMILES string of the molecule is [Cd].[MgH2].[O]=[Zn]. The normalized spacial score (nSPS) is 1.50. The summed E-state index contributed by atoms with van der Waals surface area (Å²) in [7, 11) is 0. The van der Waals surface area contributed by atoms with Crippen LogP contribution in [0.25, 0.3) is 0 Å². The predicted molar refractivity (Wildman–Crippen MR) is 9.23 cm³/mol. The van der Waals surface area contributed by atoms with Gasteiger partial charge in [0.2, 0.25) is 0 Å². The Bertz CT molecular complexity index is 8.00. The molecule has 0 unspecified atom stereocenters. The number of hydrogen-bond donors (Lipinski definition) is 0. The van der Waals surface area contributed by atoms with Crippen LogP contribution in [-0.4, -0.2) is 23.1 Å². The summed E-state index contributed by atoms with van der Waals surface area (Å²) in [6.45, 7) is 0. The van der Waals surface area contributed by atoms with Crippen LogP contribution in [0.3, 0.4) is 0 Å². The quantitative estimate of drug-likeness (QED) is 0.476. The van der Waals surface area contributed by atoms with Crippen molar-refractivity contribution in [3.05, 3.63) is 0 Å². The summed E-state index contributed by atoms with van der Waals surface area (Å²) < 4.78 is 8.38. The molecular weight excluding hydrogens is 218 g/mol. The Morgan fingerprint density at radius 3 is 1.25 bits per heavy atom. The molecule has 4 heteroatoms. The Morgan fingerprint density at radius 2 is 1.25 bits per heavy atom. The van der Waals surface area contributed by atoms with Crippen LogP contribution >= 0.6 is 0 Å². The third-order valence-electron chi connectivity index (χ3n) is 0. The zero-order valence-electron chi connectivity index (χ0n) is 1.82. The van der Waals surface area contributed by atoms with Gasteiger partial charge >= 0.3 is 44.9 Å². The summed E-state index contributed by atoms with van der Waals surface area (Å²) in [5, 5.41) is 0. The van der Waals surface area contributed by atoms with Crippen LogP contribution < -0.4 is 0 Å². The average Bonchev–Trinajstić information content (AvgIpc) is 1.00. The summed E-state index contributed by atoms with van der Waals surface area (Å²) in [5.41, 5.74) is 0. The summed E-state index contributed by atoms with van der Waals surface area (Å²) in [5.74, 6) is 0. The molecule has 4 heavy (non-hydrogen) atoms. The van der Waals surface area contributed by atoms with Crippen molar-refractivity contribution in [2.75, 3.05) is 0 Å². The fraction of sp³-hybridized carbons (Fsp3) is 0. The number of rotatable bonds is 0. The zero-order chi connectivity index (χ0) is 2.00. The van der Waals surface area contributed by atoms with Gasteiger partial charge in [0.25, 0.3) is 0 Å². The number of hydrogen-bond acceptors (Lipinski definition) is 1. The third-order valence-corrected chi connectivity index (χ3v) is 0.